The minimum absolute atomic E-state index is 0.303. The highest BCUT2D eigenvalue weighted by atomic mass is 16.5. The molecule has 0 bridgehead atoms. The van der Waals surface area contributed by atoms with Crippen LogP contribution in [0, 0.1) is 6.92 Å². The van der Waals surface area contributed by atoms with Crippen molar-refractivity contribution in [2.75, 3.05) is 12.8 Å². The predicted molar refractivity (Wildman–Crippen MR) is 73.7 cm³/mol. The van der Waals surface area contributed by atoms with Gasteiger partial charge in [-0.15, -0.1) is 0 Å². The zero-order chi connectivity index (χ0) is 13.3. The third kappa shape index (κ3) is 2.06. The third-order valence-corrected chi connectivity index (χ3v) is 2.98. The van der Waals surface area contributed by atoms with Crippen LogP contribution in [0.3, 0.4) is 0 Å². The van der Waals surface area contributed by atoms with E-state index in [0.717, 1.165) is 22.8 Å². The van der Waals surface area contributed by atoms with Gasteiger partial charge in [-0.1, -0.05) is 12.1 Å². The van der Waals surface area contributed by atoms with Gasteiger partial charge in [0.05, 0.1) is 7.11 Å². The first-order valence-electron chi connectivity index (χ1n) is 6.03. The van der Waals surface area contributed by atoms with Crippen molar-refractivity contribution in [3.63, 3.8) is 0 Å². The molecule has 18 heavy (non-hydrogen) atoms. The van der Waals surface area contributed by atoms with Crippen LogP contribution in [0.4, 0.5) is 5.82 Å². The highest BCUT2D eigenvalue weighted by Crippen LogP contribution is 2.30. The van der Waals surface area contributed by atoms with Crippen LogP contribution in [0.15, 0.2) is 24.3 Å². The standard InChI is InChI=1S/C14H19N3O/c1-9(2)17-10(3)16-13(14(17)15)11-6-5-7-12(8-11)18-4/h5-9H,15H2,1-4H3. The van der Waals surface area contributed by atoms with Crippen LogP contribution in [0.1, 0.15) is 25.7 Å². The molecule has 0 spiro atoms. The van der Waals surface area contributed by atoms with Gasteiger partial charge in [0, 0.05) is 11.6 Å². The third-order valence-electron chi connectivity index (χ3n) is 2.98. The smallest absolute Gasteiger partial charge is 0.131 e. The van der Waals surface area contributed by atoms with Gasteiger partial charge in [0.15, 0.2) is 0 Å². The number of nitrogen functional groups attached to an aromatic ring is 1. The van der Waals surface area contributed by atoms with Crippen molar-refractivity contribution in [3.05, 3.63) is 30.1 Å². The van der Waals surface area contributed by atoms with Crippen molar-refractivity contribution in [1.82, 2.24) is 9.55 Å². The summed E-state index contributed by atoms with van der Waals surface area (Å²) >= 11 is 0. The lowest BCUT2D eigenvalue weighted by atomic mass is 10.1. The number of aryl methyl sites for hydroxylation is 1. The molecule has 0 amide bonds. The van der Waals surface area contributed by atoms with Gasteiger partial charge in [0.1, 0.15) is 23.1 Å². The van der Waals surface area contributed by atoms with Gasteiger partial charge in [0.2, 0.25) is 0 Å². The van der Waals surface area contributed by atoms with Crippen molar-refractivity contribution < 1.29 is 4.74 Å². The summed E-state index contributed by atoms with van der Waals surface area (Å²) in [6.45, 7) is 6.17. The highest BCUT2D eigenvalue weighted by Gasteiger charge is 2.15. The first-order chi connectivity index (χ1) is 8.54. The molecule has 2 aromatic rings. The molecule has 0 saturated heterocycles. The second kappa shape index (κ2) is 4.72. The van der Waals surface area contributed by atoms with E-state index in [9.17, 15) is 0 Å². The Balaban J connectivity index is 2.54. The largest absolute Gasteiger partial charge is 0.497 e. The van der Waals surface area contributed by atoms with Crippen LogP contribution < -0.4 is 10.5 Å². The minimum Gasteiger partial charge on any atom is -0.497 e. The normalized spacial score (nSPS) is 10.9. The van der Waals surface area contributed by atoms with E-state index in [0.29, 0.717) is 11.9 Å². The average molecular weight is 245 g/mol. The number of rotatable bonds is 3. The van der Waals surface area contributed by atoms with Crippen molar-refractivity contribution in [1.29, 1.82) is 0 Å². The molecule has 1 heterocycles. The Morgan fingerprint density at radius 2 is 2.06 bits per heavy atom. The highest BCUT2D eigenvalue weighted by molar-refractivity contribution is 5.72. The van der Waals surface area contributed by atoms with E-state index in [-0.39, 0.29) is 0 Å². The number of aromatic nitrogens is 2. The molecule has 0 fully saturated rings. The molecule has 0 aliphatic heterocycles. The number of nitrogens with two attached hydrogens (primary N) is 1. The van der Waals surface area contributed by atoms with E-state index in [1.54, 1.807) is 7.11 Å². The molecule has 0 atom stereocenters. The van der Waals surface area contributed by atoms with Crippen LogP contribution >= 0.6 is 0 Å². The van der Waals surface area contributed by atoms with Gasteiger partial charge in [-0.05, 0) is 32.9 Å². The lowest BCUT2D eigenvalue weighted by Gasteiger charge is -2.11. The van der Waals surface area contributed by atoms with Crippen LogP contribution in [0.2, 0.25) is 0 Å². The van der Waals surface area contributed by atoms with Gasteiger partial charge in [-0.2, -0.15) is 0 Å². The fraction of sp³-hybridized carbons (Fsp3) is 0.357. The Bertz CT molecular complexity index is 558. The Kier molecular flexibility index (Phi) is 3.28. The second-order valence-corrected chi connectivity index (χ2v) is 4.59. The summed E-state index contributed by atoms with van der Waals surface area (Å²) in [7, 11) is 1.65. The molecular formula is C14H19N3O. The molecule has 96 valence electrons. The first kappa shape index (κ1) is 12.5. The van der Waals surface area contributed by atoms with Crippen molar-refractivity contribution in [2.24, 2.45) is 0 Å². The number of hydrogen-bond donors (Lipinski definition) is 1. The number of methoxy groups -OCH3 is 1. The molecule has 2 rings (SSSR count). The van der Waals surface area contributed by atoms with E-state index in [1.807, 2.05) is 35.8 Å². The number of anilines is 1. The molecule has 0 aliphatic rings. The van der Waals surface area contributed by atoms with E-state index >= 15 is 0 Å². The minimum atomic E-state index is 0.303. The van der Waals surface area contributed by atoms with Crippen molar-refractivity contribution in [2.45, 2.75) is 26.8 Å². The second-order valence-electron chi connectivity index (χ2n) is 4.59. The van der Waals surface area contributed by atoms with Crippen LogP contribution in [-0.2, 0) is 0 Å². The van der Waals surface area contributed by atoms with Crippen LogP contribution in [0.25, 0.3) is 11.3 Å². The predicted octanol–water partition coefficient (Wildman–Crippen LogP) is 3.03. The SMILES string of the molecule is COc1cccc(-c2nc(C)n(C(C)C)c2N)c1. The van der Waals surface area contributed by atoms with Crippen LogP contribution in [-0.4, -0.2) is 16.7 Å². The number of imidazole rings is 1. The van der Waals surface area contributed by atoms with Crippen molar-refractivity contribution in [3.8, 4) is 17.0 Å². The van der Waals surface area contributed by atoms with Crippen molar-refractivity contribution >= 4 is 5.82 Å². The van der Waals surface area contributed by atoms with Gasteiger partial charge in [0.25, 0.3) is 0 Å². The quantitative estimate of drug-likeness (QED) is 0.904. The Hall–Kier alpha value is -1.97. The van der Waals surface area contributed by atoms with E-state index < -0.39 is 0 Å². The van der Waals surface area contributed by atoms with E-state index in [1.165, 1.54) is 0 Å². The molecular weight excluding hydrogens is 226 g/mol. The van der Waals surface area contributed by atoms with Gasteiger partial charge < -0.3 is 15.0 Å². The van der Waals surface area contributed by atoms with E-state index in [4.69, 9.17) is 10.5 Å². The number of hydrogen-bond acceptors (Lipinski definition) is 3. The molecule has 0 aliphatic carbocycles. The average Bonchev–Trinajstić information content (AvgIpc) is 2.65. The number of benzene rings is 1. The molecule has 2 N–H and O–H groups in total. The monoisotopic (exact) mass is 245 g/mol. The van der Waals surface area contributed by atoms with E-state index in [2.05, 4.69) is 18.8 Å². The maximum Gasteiger partial charge on any atom is 0.131 e. The van der Waals surface area contributed by atoms with Crippen LogP contribution in [0.5, 0.6) is 5.75 Å². The summed E-state index contributed by atoms with van der Waals surface area (Å²) in [5.74, 6) is 2.44. The Morgan fingerprint density at radius 1 is 1.33 bits per heavy atom. The molecule has 0 radical (unpaired) electrons. The molecule has 4 heteroatoms. The lowest BCUT2D eigenvalue weighted by molar-refractivity contribution is 0.415. The summed E-state index contributed by atoms with van der Waals surface area (Å²) in [5, 5.41) is 0. The summed E-state index contributed by atoms with van der Waals surface area (Å²) < 4.78 is 7.26. The van der Waals surface area contributed by atoms with Gasteiger partial charge >= 0.3 is 0 Å². The number of ether oxygens (including phenoxy) is 1. The topological polar surface area (TPSA) is 53.1 Å². The Labute approximate surface area is 107 Å². The molecule has 1 aromatic heterocycles. The zero-order valence-corrected chi connectivity index (χ0v) is 11.3. The number of nitrogens with zero attached hydrogens (tertiary/aromatic N) is 2. The zero-order valence-electron chi connectivity index (χ0n) is 11.3. The summed E-state index contributed by atoms with van der Waals surface area (Å²) in [4.78, 5) is 4.56. The fourth-order valence-corrected chi connectivity index (χ4v) is 2.20. The van der Waals surface area contributed by atoms with Gasteiger partial charge in [-0.3, -0.25) is 0 Å². The summed E-state index contributed by atoms with van der Waals surface area (Å²) in [6.07, 6.45) is 0. The molecule has 0 saturated carbocycles. The fourth-order valence-electron chi connectivity index (χ4n) is 2.20. The molecule has 1 aromatic carbocycles. The summed E-state index contributed by atoms with van der Waals surface area (Å²) in [5.41, 5.74) is 7.99. The maximum atomic E-state index is 6.19. The molecule has 4 nitrogen and oxygen atoms in total. The first-order valence-corrected chi connectivity index (χ1v) is 6.03. The van der Waals surface area contributed by atoms with Gasteiger partial charge in [-0.25, -0.2) is 4.98 Å². The summed E-state index contributed by atoms with van der Waals surface area (Å²) in [6, 6.07) is 8.09. The molecule has 0 unspecified atom stereocenters. The lowest BCUT2D eigenvalue weighted by Crippen LogP contribution is -2.07. The Morgan fingerprint density at radius 3 is 2.61 bits per heavy atom. The maximum absolute atomic E-state index is 6.19.